The fraction of sp³-hybridized carbons (Fsp3) is 0.407. The van der Waals surface area contributed by atoms with Gasteiger partial charge in [-0.2, -0.15) is 0 Å². The largest absolute Gasteiger partial charge is 0.454 e. The molecule has 7 nitrogen and oxygen atoms in total. The lowest BCUT2D eigenvalue weighted by molar-refractivity contribution is 0.108. The van der Waals surface area contributed by atoms with Crippen LogP contribution in [0.4, 0.5) is 0 Å². The molecule has 1 aromatic carbocycles. The lowest BCUT2D eigenvalue weighted by atomic mass is 10.0. The summed E-state index contributed by atoms with van der Waals surface area (Å²) in [7, 11) is 0. The Morgan fingerprint density at radius 2 is 1.74 bits per heavy atom. The number of rotatable bonds is 5. The van der Waals surface area contributed by atoms with Crippen LogP contribution in [0.25, 0.3) is 33.3 Å². The Morgan fingerprint density at radius 1 is 0.971 bits per heavy atom. The molecule has 4 aromatic rings. The van der Waals surface area contributed by atoms with Gasteiger partial charge >= 0.3 is 5.63 Å². The molecule has 1 aliphatic heterocycles. The zero-order chi connectivity index (χ0) is 23.2. The molecule has 1 N–H and O–H groups in total. The van der Waals surface area contributed by atoms with Crippen molar-refractivity contribution in [1.82, 2.24) is 14.8 Å². The van der Waals surface area contributed by atoms with Crippen LogP contribution in [-0.4, -0.2) is 59.2 Å². The molecule has 4 heterocycles. The van der Waals surface area contributed by atoms with Gasteiger partial charge < -0.3 is 13.9 Å². The third-order valence-electron chi connectivity index (χ3n) is 7.32. The van der Waals surface area contributed by atoms with E-state index in [0.29, 0.717) is 11.3 Å². The smallest absolute Gasteiger partial charge is 0.336 e. The fourth-order valence-electron chi connectivity index (χ4n) is 5.45. The Bertz CT molecular complexity index is 1430. The molecule has 0 radical (unpaired) electrons. The van der Waals surface area contributed by atoms with Gasteiger partial charge in [0.1, 0.15) is 11.3 Å². The number of aliphatic hydroxyl groups is 1. The van der Waals surface area contributed by atoms with Crippen molar-refractivity contribution in [2.24, 2.45) is 0 Å². The van der Waals surface area contributed by atoms with Crippen LogP contribution < -0.4 is 5.63 Å². The number of hydrogen-bond acceptors (Lipinski definition) is 7. The normalized spacial score (nSPS) is 17.1. The molecule has 1 fully saturated rings. The molecule has 0 bridgehead atoms. The Balaban J connectivity index is 1.39. The number of pyridine rings is 1. The minimum absolute atomic E-state index is 0.204. The van der Waals surface area contributed by atoms with Crippen LogP contribution >= 0.6 is 0 Å². The van der Waals surface area contributed by atoms with E-state index in [1.807, 2.05) is 19.2 Å². The maximum atomic E-state index is 12.4. The number of β-amino-alcohol motifs (C(OH)–C–C–N with tert-alkyl or cyclic N) is 1. The summed E-state index contributed by atoms with van der Waals surface area (Å²) in [5, 5.41) is 11.2. The number of aryl methyl sites for hydroxylation is 3. The summed E-state index contributed by atoms with van der Waals surface area (Å²) in [6.45, 7) is 7.50. The molecule has 0 saturated carbocycles. The van der Waals surface area contributed by atoms with Gasteiger partial charge in [-0.15, -0.1) is 0 Å². The summed E-state index contributed by atoms with van der Waals surface area (Å²) in [5.74, 6) is 0.677. The van der Waals surface area contributed by atoms with Gasteiger partial charge in [0.05, 0.1) is 12.3 Å². The number of fused-ring (bicyclic) bond motifs is 3. The quantitative estimate of drug-likeness (QED) is 0.457. The third kappa shape index (κ3) is 3.83. The maximum Gasteiger partial charge on any atom is 0.336 e. The second-order valence-corrected chi connectivity index (χ2v) is 9.51. The van der Waals surface area contributed by atoms with Crippen molar-refractivity contribution in [3.8, 4) is 11.3 Å². The summed E-state index contributed by atoms with van der Waals surface area (Å²) in [6, 6.07) is 7.80. The molecule has 1 saturated heterocycles. The highest BCUT2D eigenvalue weighted by atomic mass is 16.4. The lowest BCUT2D eigenvalue weighted by Gasteiger charge is -2.34. The summed E-state index contributed by atoms with van der Waals surface area (Å²) >= 11 is 0. The Morgan fingerprint density at radius 3 is 2.53 bits per heavy atom. The molecule has 7 heteroatoms. The van der Waals surface area contributed by atoms with E-state index in [1.165, 1.54) is 11.1 Å². The van der Waals surface area contributed by atoms with Gasteiger partial charge in [-0.3, -0.25) is 14.8 Å². The van der Waals surface area contributed by atoms with Crippen molar-refractivity contribution in [3.63, 3.8) is 0 Å². The van der Waals surface area contributed by atoms with Gasteiger partial charge in [0.25, 0.3) is 0 Å². The molecule has 3 aromatic heterocycles. The Kier molecular flexibility index (Phi) is 5.48. The minimum Gasteiger partial charge on any atom is -0.454 e. The predicted octanol–water partition coefficient (Wildman–Crippen LogP) is 3.51. The molecule has 34 heavy (non-hydrogen) atoms. The molecular formula is C27H29N3O4. The standard InChI is InChI=1S/C27H29N3O4/c1-17-27-21(20(15-28-17)16-30-7-5-29(6-8-30)9-10-31)13-25(34-27)23-14-26(32)33-24-12-19-4-2-3-18(19)11-22(23)24/h11-15,31H,2-10,16H2,1H3. The van der Waals surface area contributed by atoms with E-state index < -0.39 is 0 Å². The molecule has 6 rings (SSSR count). The number of benzene rings is 1. The van der Waals surface area contributed by atoms with Gasteiger partial charge in [0.15, 0.2) is 5.58 Å². The number of nitrogens with zero attached hydrogens (tertiary/aromatic N) is 3. The summed E-state index contributed by atoms with van der Waals surface area (Å²) in [5.41, 5.74) is 6.38. The summed E-state index contributed by atoms with van der Waals surface area (Å²) in [4.78, 5) is 21.7. The number of hydrogen-bond donors (Lipinski definition) is 1. The first-order chi connectivity index (χ1) is 16.6. The number of aromatic nitrogens is 1. The van der Waals surface area contributed by atoms with Crippen molar-refractivity contribution in [2.75, 3.05) is 39.3 Å². The van der Waals surface area contributed by atoms with Gasteiger partial charge in [-0.1, -0.05) is 0 Å². The summed E-state index contributed by atoms with van der Waals surface area (Å²) in [6.07, 6.45) is 5.18. The van der Waals surface area contributed by atoms with Crippen LogP contribution in [0.2, 0.25) is 0 Å². The van der Waals surface area contributed by atoms with E-state index in [2.05, 4.69) is 26.9 Å². The molecule has 2 aliphatic rings. The van der Waals surface area contributed by atoms with Gasteiger partial charge in [-0.25, -0.2) is 4.79 Å². The van der Waals surface area contributed by atoms with Crippen molar-refractivity contribution in [1.29, 1.82) is 0 Å². The van der Waals surface area contributed by atoms with Crippen LogP contribution in [0.5, 0.6) is 0 Å². The van der Waals surface area contributed by atoms with Crippen LogP contribution in [0.1, 0.15) is 28.8 Å². The topological polar surface area (TPSA) is 83.0 Å². The van der Waals surface area contributed by atoms with Crippen LogP contribution in [0, 0.1) is 6.92 Å². The first kappa shape index (κ1) is 21.5. The van der Waals surface area contributed by atoms with E-state index in [0.717, 1.165) is 91.7 Å². The monoisotopic (exact) mass is 459 g/mol. The highest BCUT2D eigenvalue weighted by Crippen LogP contribution is 2.36. The van der Waals surface area contributed by atoms with E-state index in [-0.39, 0.29) is 12.2 Å². The molecule has 0 atom stereocenters. The SMILES string of the molecule is Cc1ncc(CN2CCN(CCO)CC2)c2cc(-c3cc(=O)oc4cc5c(cc34)CCC5)oc12. The number of furan rings is 1. The Hall–Kier alpha value is -3.00. The first-order valence-electron chi connectivity index (χ1n) is 12.1. The average Bonchev–Trinajstić information content (AvgIpc) is 3.48. The van der Waals surface area contributed by atoms with E-state index >= 15 is 0 Å². The number of piperazine rings is 1. The predicted molar refractivity (Wildman–Crippen MR) is 131 cm³/mol. The van der Waals surface area contributed by atoms with Crippen LogP contribution in [0.3, 0.4) is 0 Å². The van der Waals surface area contributed by atoms with E-state index in [1.54, 1.807) is 6.07 Å². The second kappa shape index (κ2) is 8.65. The van der Waals surface area contributed by atoms with E-state index in [9.17, 15) is 9.90 Å². The molecule has 0 amide bonds. The molecule has 1 aliphatic carbocycles. The van der Waals surface area contributed by atoms with Crippen LogP contribution in [-0.2, 0) is 19.4 Å². The maximum absolute atomic E-state index is 12.4. The number of aliphatic hydroxyl groups excluding tert-OH is 1. The van der Waals surface area contributed by atoms with Crippen molar-refractivity contribution in [2.45, 2.75) is 32.7 Å². The highest BCUT2D eigenvalue weighted by molar-refractivity contribution is 5.96. The van der Waals surface area contributed by atoms with Crippen molar-refractivity contribution in [3.05, 3.63) is 63.3 Å². The third-order valence-corrected chi connectivity index (χ3v) is 7.32. The van der Waals surface area contributed by atoms with Crippen molar-refractivity contribution < 1.29 is 13.9 Å². The lowest BCUT2D eigenvalue weighted by Crippen LogP contribution is -2.46. The van der Waals surface area contributed by atoms with E-state index in [4.69, 9.17) is 8.83 Å². The molecule has 0 spiro atoms. The molecular weight excluding hydrogens is 430 g/mol. The van der Waals surface area contributed by atoms with Crippen molar-refractivity contribution >= 4 is 21.9 Å². The first-order valence-corrected chi connectivity index (χ1v) is 12.1. The molecule has 0 unspecified atom stereocenters. The zero-order valence-corrected chi connectivity index (χ0v) is 19.5. The second-order valence-electron chi connectivity index (χ2n) is 9.51. The zero-order valence-electron chi connectivity index (χ0n) is 19.5. The van der Waals surface area contributed by atoms with Gasteiger partial charge in [-0.05, 0) is 61.1 Å². The minimum atomic E-state index is -0.364. The van der Waals surface area contributed by atoms with Gasteiger partial charge in [0, 0.05) is 67.9 Å². The summed E-state index contributed by atoms with van der Waals surface area (Å²) < 4.78 is 11.9. The molecule has 176 valence electrons. The fourth-order valence-corrected chi connectivity index (χ4v) is 5.45. The van der Waals surface area contributed by atoms with Crippen LogP contribution in [0.15, 0.2) is 44.1 Å². The Labute approximate surface area is 197 Å². The van der Waals surface area contributed by atoms with Gasteiger partial charge in [0.2, 0.25) is 0 Å². The highest BCUT2D eigenvalue weighted by Gasteiger charge is 2.21. The average molecular weight is 460 g/mol.